The molecule has 6 rings (SSSR count). The van der Waals surface area contributed by atoms with Crippen LogP contribution in [0, 0.1) is 0 Å². The number of ether oxygens (including phenoxy) is 1. The molecule has 0 unspecified atom stereocenters. The van der Waals surface area contributed by atoms with Gasteiger partial charge in [-0.1, -0.05) is 6.07 Å². The van der Waals surface area contributed by atoms with Gasteiger partial charge in [0.2, 0.25) is 0 Å². The Bertz CT molecular complexity index is 1600. The van der Waals surface area contributed by atoms with Crippen LogP contribution < -0.4 is 5.32 Å². The molecule has 0 radical (unpaired) electrons. The van der Waals surface area contributed by atoms with E-state index in [0.29, 0.717) is 17.9 Å². The van der Waals surface area contributed by atoms with Gasteiger partial charge < -0.3 is 20.1 Å². The van der Waals surface area contributed by atoms with E-state index in [1.165, 1.54) is 0 Å². The Hall–Kier alpha value is -4.61. The molecule has 1 amide bonds. The summed E-state index contributed by atoms with van der Waals surface area (Å²) in [5.41, 5.74) is 5.52. The van der Waals surface area contributed by atoms with E-state index in [9.17, 15) is 4.79 Å². The molecule has 5 aromatic rings. The van der Waals surface area contributed by atoms with E-state index in [1.54, 1.807) is 18.5 Å². The Kier molecular flexibility index (Phi) is 7.62. The van der Waals surface area contributed by atoms with E-state index in [0.717, 1.165) is 51.8 Å². The number of H-pyrrole nitrogens is 2. The smallest absolute Gasteiger partial charge is 0.290 e. The molecule has 0 saturated carbocycles. The third-order valence-electron chi connectivity index (χ3n) is 6.50. The number of carbonyl (C=O) groups is 2. The van der Waals surface area contributed by atoms with Crippen LogP contribution in [0.4, 0.5) is 5.69 Å². The van der Waals surface area contributed by atoms with Crippen LogP contribution in [0.3, 0.4) is 0 Å². The third kappa shape index (κ3) is 5.79. The largest absolute Gasteiger partial charge is 0.483 e. The number of nitrogens with one attached hydrogen (secondary N) is 3. The van der Waals surface area contributed by atoms with Crippen molar-refractivity contribution in [1.29, 1.82) is 0 Å². The monoisotopic (exact) mass is 527 g/mol. The molecule has 2 atom stereocenters. The Morgan fingerprint density at radius 1 is 1.18 bits per heavy atom. The molecule has 5 heterocycles. The van der Waals surface area contributed by atoms with Crippen molar-refractivity contribution in [3.63, 3.8) is 0 Å². The second-order valence-electron chi connectivity index (χ2n) is 9.48. The highest BCUT2D eigenvalue weighted by Crippen LogP contribution is 2.33. The van der Waals surface area contributed by atoms with Gasteiger partial charge in [0.05, 0.1) is 35.3 Å². The molecule has 4 N–H and O–H groups in total. The van der Waals surface area contributed by atoms with Crippen molar-refractivity contribution >= 4 is 40.0 Å². The number of aromatic amines is 2. The lowest BCUT2D eigenvalue weighted by atomic mass is 10.0. The Morgan fingerprint density at radius 2 is 1.97 bits per heavy atom. The molecule has 1 fully saturated rings. The topological polar surface area (TPSA) is 149 Å². The van der Waals surface area contributed by atoms with Crippen molar-refractivity contribution in [2.45, 2.75) is 32.6 Å². The summed E-state index contributed by atoms with van der Waals surface area (Å²) < 4.78 is 5.83. The molecule has 1 aliphatic rings. The number of morpholine rings is 1. The van der Waals surface area contributed by atoms with E-state index < -0.39 is 0 Å². The minimum absolute atomic E-state index is 0.178. The van der Waals surface area contributed by atoms with Gasteiger partial charge in [-0.05, 0) is 61.4 Å². The number of rotatable bonds is 5. The molecule has 1 saturated heterocycles. The number of hydrogen-bond donors (Lipinski definition) is 4. The molecule has 1 aromatic carbocycles. The molecule has 11 nitrogen and oxygen atoms in total. The minimum Gasteiger partial charge on any atom is -0.483 e. The van der Waals surface area contributed by atoms with E-state index >= 15 is 0 Å². The SMILES string of the molecule is C[C@@H]1CN(Cc2cccc(C(=O)Nc3cc(-c4ccnc5[nH]ccc45)cc4[nH]ncc34)n2)C[C@H](C)O1.O=CO. The van der Waals surface area contributed by atoms with Crippen molar-refractivity contribution in [3.8, 4) is 11.1 Å². The van der Waals surface area contributed by atoms with Crippen LogP contribution in [0.5, 0.6) is 0 Å². The van der Waals surface area contributed by atoms with Crippen molar-refractivity contribution in [2.75, 3.05) is 18.4 Å². The number of carboxylic acid groups (broad SMARTS) is 1. The fraction of sp³-hybridized carbons (Fsp3) is 0.250. The van der Waals surface area contributed by atoms with Crippen LogP contribution in [-0.4, -0.2) is 72.8 Å². The van der Waals surface area contributed by atoms with E-state index in [4.69, 9.17) is 14.6 Å². The second kappa shape index (κ2) is 11.4. The first-order valence-corrected chi connectivity index (χ1v) is 12.6. The number of anilines is 1. The Balaban J connectivity index is 0.000000983. The van der Waals surface area contributed by atoms with Crippen molar-refractivity contribution < 1.29 is 19.4 Å². The molecular weight excluding hydrogens is 498 g/mol. The molecule has 1 aliphatic heterocycles. The van der Waals surface area contributed by atoms with Gasteiger partial charge in [-0.25, -0.2) is 9.97 Å². The van der Waals surface area contributed by atoms with Crippen LogP contribution in [0.15, 0.2) is 61.1 Å². The molecule has 39 heavy (non-hydrogen) atoms. The molecule has 11 heteroatoms. The first-order chi connectivity index (χ1) is 18.9. The van der Waals surface area contributed by atoms with Crippen LogP contribution >= 0.6 is 0 Å². The van der Waals surface area contributed by atoms with Crippen molar-refractivity contribution in [1.82, 2.24) is 30.0 Å². The summed E-state index contributed by atoms with van der Waals surface area (Å²) in [5.74, 6) is -0.262. The lowest BCUT2D eigenvalue weighted by molar-refractivity contribution is -0.122. The molecular formula is C28H29N7O4. The quantitative estimate of drug-likeness (QED) is 0.250. The standard InChI is InChI=1S/C27H27N7O2.CH2O2/c1-16-13-34(14-17(2)36-16)15-19-4-3-5-23(31-19)27(35)32-24-10-18(11-25-22(24)12-30-33-25)20-6-8-28-26-21(20)7-9-29-26;2-1-3/h3-12,16-17H,13-15H2,1-2H3,(H,28,29)(H,30,33)(H,32,35);1H,(H,2,3)/t16-,17+;. The highest BCUT2D eigenvalue weighted by Gasteiger charge is 2.23. The number of nitrogens with zero attached hydrogens (tertiary/aromatic N) is 4. The summed E-state index contributed by atoms with van der Waals surface area (Å²) >= 11 is 0. The van der Waals surface area contributed by atoms with E-state index in [2.05, 4.69) is 49.2 Å². The summed E-state index contributed by atoms with van der Waals surface area (Å²) in [7, 11) is 0. The zero-order valence-electron chi connectivity index (χ0n) is 21.6. The van der Waals surface area contributed by atoms with Gasteiger partial charge in [0.25, 0.3) is 12.4 Å². The van der Waals surface area contributed by atoms with Gasteiger partial charge in [0.1, 0.15) is 11.3 Å². The average molecular weight is 528 g/mol. The fourth-order valence-corrected chi connectivity index (χ4v) is 5.05. The van der Waals surface area contributed by atoms with Crippen molar-refractivity contribution in [2.24, 2.45) is 0 Å². The third-order valence-corrected chi connectivity index (χ3v) is 6.50. The second-order valence-corrected chi connectivity index (χ2v) is 9.48. The van der Waals surface area contributed by atoms with Gasteiger partial charge in [-0.3, -0.25) is 19.6 Å². The van der Waals surface area contributed by atoms with Gasteiger partial charge in [0, 0.05) is 42.8 Å². The highest BCUT2D eigenvalue weighted by atomic mass is 16.5. The van der Waals surface area contributed by atoms with Crippen LogP contribution in [-0.2, 0) is 16.1 Å². The maximum absolute atomic E-state index is 13.3. The minimum atomic E-state index is -0.262. The number of aromatic nitrogens is 5. The Labute approximate surface area is 224 Å². The predicted molar refractivity (Wildman–Crippen MR) is 147 cm³/mol. The number of fused-ring (bicyclic) bond motifs is 2. The number of hydrogen-bond acceptors (Lipinski definition) is 7. The summed E-state index contributed by atoms with van der Waals surface area (Å²) in [6.45, 7) is 6.28. The van der Waals surface area contributed by atoms with E-state index in [-0.39, 0.29) is 24.6 Å². The van der Waals surface area contributed by atoms with Gasteiger partial charge in [-0.15, -0.1) is 0 Å². The average Bonchev–Trinajstić information content (AvgIpc) is 3.58. The highest BCUT2D eigenvalue weighted by molar-refractivity contribution is 6.09. The summed E-state index contributed by atoms with van der Waals surface area (Å²) in [6, 6.07) is 13.6. The summed E-state index contributed by atoms with van der Waals surface area (Å²) in [4.78, 5) is 36.2. The number of carbonyl (C=O) groups excluding carboxylic acids is 1. The molecule has 0 spiro atoms. The molecule has 200 valence electrons. The zero-order chi connectivity index (χ0) is 27.4. The fourth-order valence-electron chi connectivity index (χ4n) is 5.05. The summed E-state index contributed by atoms with van der Waals surface area (Å²) in [6.07, 6.45) is 5.72. The lowest BCUT2D eigenvalue weighted by Gasteiger charge is -2.35. The molecule has 0 aliphatic carbocycles. The number of pyridine rings is 2. The maximum Gasteiger partial charge on any atom is 0.290 e. The summed E-state index contributed by atoms with van der Waals surface area (Å²) in [5, 5.41) is 19.0. The van der Waals surface area contributed by atoms with Crippen LogP contribution in [0.1, 0.15) is 30.0 Å². The van der Waals surface area contributed by atoms with Gasteiger partial charge >= 0.3 is 0 Å². The van der Waals surface area contributed by atoms with Gasteiger partial charge in [-0.2, -0.15) is 5.10 Å². The zero-order valence-corrected chi connectivity index (χ0v) is 21.6. The molecule has 0 bridgehead atoms. The number of benzene rings is 1. The lowest BCUT2D eigenvalue weighted by Crippen LogP contribution is -2.45. The van der Waals surface area contributed by atoms with E-state index in [1.807, 2.05) is 42.6 Å². The van der Waals surface area contributed by atoms with Crippen LogP contribution in [0.2, 0.25) is 0 Å². The first-order valence-electron chi connectivity index (χ1n) is 12.6. The normalized spacial score (nSPS) is 17.5. The van der Waals surface area contributed by atoms with Crippen molar-refractivity contribution in [3.05, 3.63) is 72.4 Å². The number of amides is 1. The first kappa shape index (κ1) is 26.0. The predicted octanol–water partition coefficient (Wildman–Crippen LogP) is 4.06. The maximum atomic E-state index is 13.3. The Morgan fingerprint density at radius 3 is 2.77 bits per heavy atom. The van der Waals surface area contributed by atoms with Gasteiger partial charge in [0.15, 0.2) is 0 Å². The molecule has 4 aromatic heterocycles. The van der Waals surface area contributed by atoms with Crippen LogP contribution in [0.25, 0.3) is 33.1 Å².